The topological polar surface area (TPSA) is 86.2 Å². The van der Waals surface area contributed by atoms with E-state index in [1.54, 1.807) is 56.7 Å². The van der Waals surface area contributed by atoms with Crippen molar-refractivity contribution in [1.29, 1.82) is 0 Å². The Balaban J connectivity index is 1.87. The first-order valence-corrected chi connectivity index (χ1v) is 7.81. The summed E-state index contributed by atoms with van der Waals surface area (Å²) in [6.45, 7) is 1.21. The number of oxime groups is 1. The summed E-state index contributed by atoms with van der Waals surface area (Å²) in [5.74, 6) is 0.726. The standard InChI is InChI=1S/C19H20N2O5/c1-13(22)15-5-4-6-16(10-15)21-19(23)12-26-20-11-14-7-8-17(24-2)18(9-14)25-3/h4-11H,12H2,1-3H3,(H,21,23)/b20-11+. The lowest BCUT2D eigenvalue weighted by molar-refractivity contribution is -0.120. The lowest BCUT2D eigenvalue weighted by Crippen LogP contribution is -2.17. The van der Waals surface area contributed by atoms with E-state index in [9.17, 15) is 9.59 Å². The summed E-state index contributed by atoms with van der Waals surface area (Å²) in [4.78, 5) is 28.2. The molecule has 0 atom stereocenters. The normalized spacial score (nSPS) is 10.4. The van der Waals surface area contributed by atoms with Crippen LogP contribution in [-0.4, -0.2) is 38.7 Å². The Morgan fingerprint density at radius 1 is 1.08 bits per heavy atom. The van der Waals surface area contributed by atoms with Gasteiger partial charge in [0.1, 0.15) is 0 Å². The highest BCUT2D eigenvalue weighted by Gasteiger charge is 2.06. The molecule has 7 nitrogen and oxygen atoms in total. The zero-order valence-corrected chi connectivity index (χ0v) is 14.8. The average molecular weight is 356 g/mol. The Kier molecular flexibility index (Phi) is 6.73. The lowest BCUT2D eigenvalue weighted by atomic mass is 10.1. The number of methoxy groups -OCH3 is 2. The van der Waals surface area contributed by atoms with Crippen molar-refractivity contribution in [1.82, 2.24) is 0 Å². The third-order valence-electron chi connectivity index (χ3n) is 3.43. The largest absolute Gasteiger partial charge is 0.493 e. The molecule has 0 spiro atoms. The number of hydrogen-bond acceptors (Lipinski definition) is 6. The maximum atomic E-state index is 11.9. The predicted molar refractivity (Wildman–Crippen MR) is 98.2 cm³/mol. The first-order chi connectivity index (χ1) is 12.5. The van der Waals surface area contributed by atoms with E-state index in [1.165, 1.54) is 13.1 Å². The Morgan fingerprint density at radius 3 is 2.54 bits per heavy atom. The van der Waals surface area contributed by atoms with Gasteiger partial charge < -0.3 is 19.6 Å². The van der Waals surface area contributed by atoms with Gasteiger partial charge in [0, 0.05) is 16.8 Å². The van der Waals surface area contributed by atoms with Gasteiger partial charge in [0.05, 0.1) is 20.4 Å². The van der Waals surface area contributed by atoms with Gasteiger partial charge in [-0.3, -0.25) is 9.59 Å². The number of amides is 1. The van der Waals surface area contributed by atoms with E-state index in [0.717, 1.165) is 5.56 Å². The van der Waals surface area contributed by atoms with Crippen LogP contribution in [-0.2, 0) is 9.63 Å². The summed E-state index contributed by atoms with van der Waals surface area (Å²) in [6, 6.07) is 11.9. The van der Waals surface area contributed by atoms with Crippen LogP contribution in [0, 0.1) is 0 Å². The minimum Gasteiger partial charge on any atom is -0.493 e. The molecule has 0 unspecified atom stereocenters. The van der Waals surface area contributed by atoms with Gasteiger partial charge in [0.2, 0.25) is 0 Å². The molecule has 0 heterocycles. The summed E-state index contributed by atoms with van der Waals surface area (Å²) in [7, 11) is 3.10. The maximum absolute atomic E-state index is 11.9. The van der Waals surface area contributed by atoms with Crippen LogP contribution in [0.2, 0.25) is 0 Å². The molecule has 0 aliphatic heterocycles. The molecule has 2 aromatic carbocycles. The highest BCUT2D eigenvalue weighted by Crippen LogP contribution is 2.26. The molecule has 0 aliphatic rings. The molecule has 0 bridgehead atoms. The lowest BCUT2D eigenvalue weighted by Gasteiger charge is -2.07. The molecule has 7 heteroatoms. The van der Waals surface area contributed by atoms with Crippen LogP contribution in [0.4, 0.5) is 5.69 Å². The van der Waals surface area contributed by atoms with Gasteiger partial charge in [-0.05, 0) is 37.3 Å². The second kappa shape index (κ2) is 9.22. The summed E-state index contributed by atoms with van der Waals surface area (Å²) in [6.07, 6.45) is 1.46. The van der Waals surface area contributed by atoms with Gasteiger partial charge >= 0.3 is 0 Å². The maximum Gasteiger partial charge on any atom is 0.265 e. The van der Waals surface area contributed by atoms with Gasteiger partial charge in [0.25, 0.3) is 5.91 Å². The molecule has 136 valence electrons. The third-order valence-corrected chi connectivity index (χ3v) is 3.43. The summed E-state index contributed by atoms with van der Waals surface area (Å²) >= 11 is 0. The summed E-state index contributed by atoms with van der Waals surface area (Å²) in [5.41, 5.74) is 1.78. The molecule has 0 aromatic heterocycles. The number of hydrogen-bond donors (Lipinski definition) is 1. The minimum absolute atomic E-state index is 0.0723. The average Bonchev–Trinajstić information content (AvgIpc) is 2.65. The number of nitrogens with one attached hydrogen (secondary N) is 1. The van der Waals surface area contributed by atoms with E-state index in [1.807, 2.05) is 0 Å². The van der Waals surface area contributed by atoms with Gasteiger partial charge in [0.15, 0.2) is 23.9 Å². The summed E-state index contributed by atoms with van der Waals surface area (Å²) < 4.78 is 10.4. The van der Waals surface area contributed by atoms with Crippen LogP contribution in [0.1, 0.15) is 22.8 Å². The second-order valence-corrected chi connectivity index (χ2v) is 5.31. The van der Waals surface area contributed by atoms with E-state index in [4.69, 9.17) is 14.3 Å². The molecular formula is C19H20N2O5. The molecule has 0 radical (unpaired) electrons. The molecule has 1 amide bonds. The molecular weight excluding hydrogens is 336 g/mol. The van der Waals surface area contributed by atoms with Gasteiger partial charge in [-0.1, -0.05) is 17.3 Å². The number of benzene rings is 2. The Bertz CT molecular complexity index is 817. The highest BCUT2D eigenvalue weighted by atomic mass is 16.6. The van der Waals surface area contributed by atoms with Gasteiger partial charge in [-0.25, -0.2) is 0 Å². The smallest absolute Gasteiger partial charge is 0.265 e. The van der Waals surface area contributed by atoms with Crippen molar-refractivity contribution in [2.24, 2.45) is 5.16 Å². The van der Waals surface area contributed by atoms with Gasteiger partial charge in [-0.15, -0.1) is 0 Å². The van der Waals surface area contributed by atoms with Gasteiger partial charge in [-0.2, -0.15) is 0 Å². The van der Waals surface area contributed by atoms with Crippen molar-refractivity contribution in [2.45, 2.75) is 6.92 Å². The number of Topliss-reactive ketones (excluding diaryl/α,β-unsaturated/α-hetero) is 1. The molecule has 0 saturated carbocycles. The van der Waals surface area contributed by atoms with Crippen molar-refractivity contribution in [3.8, 4) is 11.5 Å². The van der Waals surface area contributed by atoms with E-state index in [-0.39, 0.29) is 18.3 Å². The number of nitrogens with zero attached hydrogens (tertiary/aromatic N) is 1. The van der Waals surface area contributed by atoms with E-state index in [2.05, 4.69) is 10.5 Å². The number of ketones is 1. The number of carbonyl (C=O) groups excluding carboxylic acids is 2. The van der Waals surface area contributed by atoms with E-state index < -0.39 is 0 Å². The number of carbonyl (C=O) groups is 2. The Labute approximate surface area is 151 Å². The van der Waals surface area contributed by atoms with Crippen molar-refractivity contribution in [3.63, 3.8) is 0 Å². The number of rotatable bonds is 8. The Hall–Kier alpha value is -3.35. The number of ether oxygens (including phenoxy) is 2. The zero-order chi connectivity index (χ0) is 18.9. The first-order valence-electron chi connectivity index (χ1n) is 7.81. The van der Waals surface area contributed by atoms with Crippen molar-refractivity contribution < 1.29 is 23.9 Å². The molecule has 26 heavy (non-hydrogen) atoms. The first kappa shape index (κ1) is 19.0. The third kappa shape index (κ3) is 5.34. The SMILES string of the molecule is COc1ccc(/C=N/OCC(=O)Nc2cccc(C(C)=O)c2)cc1OC. The van der Waals surface area contributed by atoms with E-state index >= 15 is 0 Å². The Morgan fingerprint density at radius 2 is 1.85 bits per heavy atom. The molecule has 0 saturated heterocycles. The fourth-order valence-corrected chi connectivity index (χ4v) is 2.14. The summed E-state index contributed by atoms with van der Waals surface area (Å²) in [5, 5.41) is 6.41. The van der Waals surface area contributed by atoms with Crippen molar-refractivity contribution in [2.75, 3.05) is 26.1 Å². The van der Waals surface area contributed by atoms with Crippen LogP contribution in [0.15, 0.2) is 47.6 Å². The van der Waals surface area contributed by atoms with Crippen LogP contribution in [0.3, 0.4) is 0 Å². The van der Waals surface area contributed by atoms with E-state index in [0.29, 0.717) is 22.7 Å². The van der Waals surface area contributed by atoms with Crippen molar-refractivity contribution >= 4 is 23.6 Å². The van der Waals surface area contributed by atoms with Crippen molar-refractivity contribution in [3.05, 3.63) is 53.6 Å². The molecule has 2 aromatic rings. The number of anilines is 1. The molecule has 2 rings (SSSR count). The van der Waals surface area contributed by atoms with Crippen LogP contribution in [0.25, 0.3) is 0 Å². The molecule has 0 aliphatic carbocycles. The minimum atomic E-state index is -0.379. The van der Waals surface area contributed by atoms with Crippen LogP contribution >= 0.6 is 0 Å². The highest BCUT2D eigenvalue weighted by molar-refractivity contribution is 5.97. The quantitative estimate of drug-likeness (QED) is 0.446. The fraction of sp³-hybridized carbons (Fsp3) is 0.211. The second-order valence-electron chi connectivity index (χ2n) is 5.31. The van der Waals surface area contributed by atoms with Crippen LogP contribution < -0.4 is 14.8 Å². The molecule has 0 fully saturated rings. The monoisotopic (exact) mass is 356 g/mol. The molecule has 1 N–H and O–H groups in total. The van der Waals surface area contributed by atoms with Crippen LogP contribution in [0.5, 0.6) is 11.5 Å². The fourth-order valence-electron chi connectivity index (χ4n) is 2.14. The zero-order valence-electron chi connectivity index (χ0n) is 14.8. The predicted octanol–water partition coefficient (Wildman–Crippen LogP) is 2.90.